The molecule has 1 aromatic rings. The topological polar surface area (TPSA) is 153 Å². The van der Waals surface area contributed by atoms with Crippen LogP contribution in [0.4, 0.5) is 4.79 Å². The molecule has 0 unspecified atom stereocenters. The molecule has 0 aliphatic carbocycles. The Kier molecular flexibility index (Phi) is 7.68. The highest BCUT2D eigenvalue weighted by atomic mass is 16.5. The predicted octanol–water partition coefficient (Wildman–Crippen LogP) is -0.574. The Morgan fingerprint density at radius 1 is 1.27 bits per heavy atom. The maximum absolute atomic E-state index is 11.4. The maximum Gasteiger partial charge on any atom is 0.407 e. The fourth-order valence-electron chi connectivity index (χ4n) is 1.49. The molecule has 0 bridgehead atoms. The van der Waals surface area contributed by atoms with Crippen LogP contribution in [0.5, 0.6) is 0 Å². The lowest BCUT2D eigenvalue weighted by Crippen LogP contribution is -2.30. The Labute approximate surface area is 127 Å². The number of unbranched alkanes of at least 4 members (excludes halogenated alkanes) is 1. The summed E-state index contributed by atoms with van der Waals surface area (Å²) in [4.78, 5) is 21.9. The number of carboxylic acid groups (broad SMARTS) is 1. The van der Waals surface area contributed by atoms with E-state index in [-0.39, 0.29) is 6.61 Å². The molecule has 10 nitrogen and oxygen atoms in total. The van der Waals surface area contributed by atoms with Crippen LogP contribution in [-0.4, -0.2) is 56.8 Å². The second kappa shape index (κ2) is 9.55. The Balaban J connectivity index is 2.04. The number of hydrogen-bond donors (Lipinski definition) is 3. The number of carbonyl (C=O) groups excluding carboxylic acids is 1. The van der Waals surface area contributed by atoms with Gasteiger partial charge in [0.2, 0.25) is 0 Å². The minimum atomic E-state index is -1.02. The number of carbonyl (C=O) groups is 2. The number of carboxylic acids is 1. The third-order valence-electron chi connectivity index (χ3n) is 2.71. The quantitative estimate of drug-likeness (QED) is 0.508. The van der Waals surface area contributed by atoms with E-state index in [4.69, 9.17) is 15.6 Å². The molecule has 1 rings (SSSR count). The highest BCUT2D eigenvalue weighted by Gasteiger charge is 2.10. The fraction of sp³-hybridized carbons (Fsp3) is 0.667. The molecule has 1 heterocycles. The molecule has 0 radical (unpaired) electrons. The second-order valence-electron chi connectivity index (χ2n) is 4.62. The summed E-state index contributed by atoms with van der Waals surface area (Å²) in [5.41, 5.74) is 5.36. The Hall–Kier alpha value is -2.36. The average molecular weight is 312 g/mol. The summed E-state index contributed by atoms with van der Waals surface area (Å²) in [7, 11) is 0. The lowest BCUT2D eigenvalue weighted by molar-refractivity contribution is -0.138. The smallest absolute Gasteiger partial charge is 0.407 e. The minimum Gasteiger partial charge on any atom is -0.480 e. The largest absolute Gasteiger partial charge is 0.480 e. The second-order valence-corrected chi connectivity index (χ2v) is 4.62. The van der Waals surface area contributed by atoms with Crippen molar-refractivity contribution in [2.45, 2.75) is 38.6 Å². The van der Waals surface area contributed by atoms with Gasteiger partial charge in [-0.1, -0.05) is 0 Å². The zero-order valence-electron chi connectivity index (χ0n) is 12.4. The van der Waals surface area contributed by atoms with Gasteiger partial charge in [-0.25, -0.2) is 4.79 Å². The van der Waals surface area contributed by atoms with Crippen molar-refractivity contribution in [1.82, 2.24) is 25.7 Å². The number of alkyl carbamates (subject to hydrolysis) is 1. The molecule has 0 saturated carbocycles. The summed E-state index contributed by atoms with van der Waals surface area (Å²) in [6, 6.07) is -0.858. The first-order valence-corrected chi connectivity index (χ1v) is 6.91. The van der Waals surface area contributed by atoms with Crippen LogP contribution in [0.25, 0.3) is 0 Å². The number of hydrogen-bond acceptors (Lipinski definition) is 8. The van der Waals surface area contributed by atoms with Gasteiger partial charge < -0.3 is 20.9 Å². The van der Waals surface area contributed by atoms with Crippen molar-refractivity contribution in [1.29, 1.82) is 0 Å². The zero-order chi connectivity index (χ0) is 16.4. The Morgan fingerprint density at radius 2 is 1.95 bits per heavy atom. The van der Waals surface area contributed by atoms with Gasteiger partial charge in [-0.15, -0.1) is 20.4 Å². The number of aliphatic carboxylic acids is 1. The lowest BCUT2D eigenvalue weighted by Gasteiger charge is -2.07. The van der Waals surface area contributed by atoms with Crippen LogP contribution < -0.4 is 11.1 Å². The van der Waals surface area contributed by atoms with E-state index >= 15 is 0 Å². The normalized spacial score (nSPS) is 11.7. The van der Waals surface area contributed by atoms with Gasteiger partial charge in [0.05, 0.1) is 0 Å². The number of aryl methyl sites for hydroxylation is 1. The summed E-state index contributed by atoms with van der Waals surface area (Å²) < 4.78 is 4.94. The summed E-state index contributed by atoms with van der Waals surface area (Å²) in [5, 5.41) is 26.2. The number of nitrogens with two attached hydrogens (primary N) is 1. The SMILES string of the molecule is Cc1nnc(CCOC(=O)NCCCC[C@H](N)C(=O)O)nn1. The number of nitrogens with one attached hydrogen (secondary N) is 1. The van der Waals surface area contributed by atoms with Crippen molar-refractivity contribution >= 4 is 12.1 Å². The van der Waals surface area contributed by atoms with Gasteiger partial charge in [0.15, 0.2) is 11.6 Å². The first-order valence-electron chi connectivity index (χ1n) is 6.91. The first kappa shape index (κ1) is 17.7. The minimum absolute atomic E-state index is 0.127. The molecule has 0 aromatic carbocycles. The standard InChI is InChI=1S/C12H20N6O4/c1-8-15-17-10(18-16-8)5-7-22-12(21)14-6-3-2-4-9(13)11(19)20/h9H,2-7,13H2,1H3,(H,14,21)(H,19,20)/t9-/m0/s1. The molecule has 0 fully saturated rings. The van der Waals surface area contributed by atoms with Crippen LogP contribution in [0.3, 0.4) is 0 Å². The maximum atomic E-state index is 11.4. The molecular weight excluding hydrogens is 292 g/mol. The predicted molar refractivity (Wildman–Crippen MR) is 74.9 cm³/mol. The van der Waals surface area contributed by atoms with Gasteiger partial charge in [-0.3, -0.25) is 4.79 Å². The molecular formula is C12H20N6O4. The van der Waals surface area contributed by atoms with Crippen LogP contribution in [0.1, 0.15) is 30.9 Å². The van der Waals surface area contributed by atoms with Gasteiger partial charge in [0, 0.05) is 13.0 Å². The lowest BCUT2D eigenvalue weighted by atomic mass is 10.1. The summed E-state index contributed by atoms with van der Waals surface area (Å²) in [6.07, 6.45) is 1.40. The molecule has 10 heteroatoms. The van der Waals surface area contributed by atoms with E-state index in [0.717, 1.165) is 0 Å². The molecule has 1 aromatic heterocycles. The van der Waals surface area contributed by atoms with E-state index in [0.29, 0.717) is 43.9 Å². The molecule has 122 valence electrons. The van der Waals surface area contributed by atoms with Gasteiger partial charge in [0.1, 0.15) is 12.6 Å². The number of amides is 1. The Bertz CT molecular complexity index is 481. The van der Waals surface area contributed by atoms with E-state index < -0.39 is 18.1 Å². The first-order chi connectivity index (χ1) is 10.5. The molecule has 0 saturated heterocycles. The number of ether oxygens (including phenoxy) is 1. The van der Waals surface area contributed by atoms with Gasteiger partial charge in [-0.2, -0.15) is 0 Å². The van der Waals surface area contributed by atoms with Crippen molar-refractivity contribution in [2.75, 3.05) is 13.2 Å². The fourth-order valence-corrected chi connectivity index (χ4v) is 1.49. The molecule has 0 aliphatic heterocycles. The van der Waals surface area contributed by atoms with Crippen LogP contribution in [0.2, 0.25) is 0 Å². The molecule has 0 aliphatic rings. The van der Waals surface area contributed by atoms with Crippen molar-refractivity contribution in [3.8, 4) is 0 Å². The van der Waals surface area contributed by atoms with E-state index in [2.05, 4.69) is 25.7 Å². The Morgan fingerprint density at radius 3 is 2.59 bits per heavy atom. The molecule has 1 atom stereocenters. The molecule has 1 amide bonds. The summed E-state index contributed by atoms with van der Waals surface area (Å²) in [6.45, 7) is 2.20. The van der Waals surface area contributed by atoms with Gasteiger partial charge in [-0.05, 0) is 26.2 Å². The summed E-state index contributed by atoms with van der Waals surface area (Å²) in [5.74, 6) is -0.138. The van der Waals surface area contributed by atoms with Crippen LogP contribution in [-0.2, 0) is 16.0 Å². The summed E-state index contributed by atoms with van der Waals surface area (Å²) >= 11 is 0. The monoisotopic (exact) mass is 312 g/mol. The molecule has 4 N–H and O–H groups in total. The van der Waals surface area contributed by atoms with Crippen molar-refractivity contribution in [2.24, 2.45) is 5.73 Å². The van der Waals surface area contributed by atoms with E-state index in [1.165, 1.54) is 0 Å². The molecule has 22 heavy (non-hydrogen) atoms. The van der Waals surface area contributed by atoms with E-state index in [1.807, 2.05) is 0 Å². The van der Waals surface area contributed by atoms with Crippen molar-refractivity contribution < 1.29 is 19.4 Å². The van der Waals surface area contributed by atoms with Gasteiger partial charge >= 0.3 is 12.1 Å². The highest BCUT2D eigenvalue weighted by Crippen LogP contribution is 1.98. The highest BCUT2D eigenvalue weighted by molar-refractivity contribution is 5.72. The number of rotatable bonds is 9. The van der Waals surface area contributed by atoms with Crippen molar-refractivity contribution in [3.05, 3.63) is 11.6 Å². The van der Waals surface area contributed by atoms with E-state index in [1.54, 1.807) is 6.92 Å². The number of aromatic nitrogens is 4. The zero-order valence-corrected chi connectivity index (χ0v) is 12.4. The average Bonchev–Trinajstić information content (AvgIpc) is 2.48. The third-order valence-corrected chi connectivity index (χ3v) is 2.71. The molecule has 0 spiro atoms. The van der Waals surface area contributed by atoms with E-state index in [9.17, 15) is 9.59 Å². The van der Waals surface area contributed by atoms with Crippen LogP contribution in [0.15, 0.2) is 0 Å². The van der Waals surface area contributed by atoms with Crippen LogP contribution in [0, 0.1) is 6.92 Å². The van der Waals surface area contributed by atoms with Crippen molar-refractivity contribution in [3.63, 3.8) is 0 Å². The van der Waals surface area contributed by atoms with Crippen LogP contribution >= 0.6 is 0 Å². The third kappa shape index (κ3) is 7.43. The number of nitrogens with zero attached hydrogens (tertiary/aromatic N) is 4. The van der Waals surface area contributed by atoms with Gasteiger partial charge in [0.25, 0.3) is 0 Å².